The number of hydrogen-bond acceptors (Lipinski definition) is 2. The molecule has 2 rings (SSSR count). The van der Waals surface area contributed by atoms with Gasteiger partial charge in [0.1, 0.15) is 0 Å². The largest absolute Gasteiger partial charge is 0.243 e. The Labute approximate surface area is 84.4 Å². The van der Waals surface area contributed by atoms with Crippen molar-refractivity contribution in [3.63, 3.8) is 0 Å². The topological polar surface area (TPSA) is 37.4 Å². The fourth-order valence-corrected chi connectivity index (χ4v) is 3.35. The molecule has 0 amide bonds. The summed E-state index contributed by atoms with van der Waals surface area (Å²) in [5.74, 6) is 0. The highest BCUT2D eigenvalue weighted by molar-refractivity contribution is 7.89. The molecule has 1 heterocycles. The molecule has 0 N–H and O–H groups in total. The first-order valence-electron chi connectivity index (χ1n) is 4.59. The third-order valence-electron chi connectivity index (χ3n) is 2.77. The molecule has 1 atom stereocenters. The van der Waals surface area contributed by atoms with Crippen LogP contribution in [0, 0.1) is 0 Å². The second-order valence-corrected chi connectivity index (χ2v) is 5.65. The molecule has 0 radical (unpaired) electrons. The van der Waals surface area contributed by atoms with Crippen molar-refractivity contribution in [1.82, 2.24) is 4.31 Å². The monoisotopic (exact) mass is 211 g/mol. The van der Waals surface area contributed by atoms with E-state index in [0.29, 0.717) is 4.90 Å². The number of hydrogen-bond donors (Lipinski definition) is 0. The van der Waals surface area contributed by atoms with E-state index >= 15 is 0 Å². The summed E-state index contributed by atoms with van der Waals surface area (Å²) in [7, 11) is -1.60. The number of benzene rings is 1. The highest BCUT2D eigenvalue weighted by Gasteiger charge is 2.32. The van der Waals surface area contributed by atoms with Crippen molar-refractivity contribution >= 4 is 10.0 Å². The summed E-state index contributed by atoms with van der Waals surface area (Å²) in [6.07, 6.45) is 0.798. The lowest BCUT2D eigenvalue weighted by Gasteiger charge is -2.30. The van der Waals surface area contributed by atoms with E-state index in [1.165, 1.54) is 4.31 Å². The third kappa shape index (κ3) is 1.26. The van der Waals surface area contributed by atoms with Gasteiger partial charge in [0.15, 0.2) is 0 Å². The molecule has 4 heteroatoms. The first kappa shape index (κ1) is 9.68. The molecule has 76 valence electrons. The van der Waals surface area contributed by atoms with Gasteiger partial charge in [0.2, 0.25) is 10.0 Å². The first-order valence-corrected chi connectivity index (χ1v) is 6.03. The van der Waals surface area contributed by atoms with Gasteiger partial charge in [-0.25, -0.2) is 8.42 Å². The van der Waals surface area contributed by atoms with Crippen LogP contribution in [0.4, 0.5) is 0 Å². The van der Waals surface area contributed by atoms with E-state index in [2.05, 4.69) is 0 Å². The highest BCUT2D eigenvalue weighted by Crippen LogP contribution is 2.27. The number of likely N-dealkylation sites (N-methyl/N-ethyl adjacent to an activating group) is 1. The summed E-state index contributed by atoms with van der Waals surface area (Å²) in [4.78, 5) is 0.459. The zero-order valence-electron chi connectivity index (χ0n) is 8.27. The van der Waals surface area contributed by atoms with Crippen LogP contribution in [-0.4, -0.2) is 25.8 Å². The predicted molar refractivity (Wildman–Crippen MR) is 54.6 cm³/mol. The van der Waals surface area contributed by atoms with Crippen LogP contribution in [-0.2, 0) is 16.4 Å². The van der Waals surface area contributed by atoms with Gasteiger partial charge in [-0.05, 0) is 25.0 Å². The minimum Gasteiger partial charge on any atom is -0.207 e. The fourth-order valence-electron chi connectivity index (χ4n) is 1.76. The molecule has 0 aromatic heterocycles. The predicted octanol–water partition coefficient (Wildman–Crippen LogP) is 1.25. The summed E-state index contributed by atoms with van der Waals surface area (Å²) in [5.41, 5.74) is 0.929. The maximum absolute atomic E-state index is 11.9. The van der Waals surface area contributed by atoms with Crippen LogP contribution in [0.3, 0.4) is 0 Å². The van der Waals surface area contributed by atoms with E-state index in [9.17, 15) is 8.42 Å². The van der Waals surface area contributed by atoms with Gasteiger partial charge in [0, 0.05) is 13.1 Å². The Morgan fingerprint density at radius 3 is 2.71 bits per heavy atom. The van der Waals surface area contributed by atoms with E-state index in [4.69, 9.17) is 0 Å². The fraction of sp³-hybridized carbons (Fsp3) is 0.400. The molecule has 1 unspecified atom stereocenters. The summed E-state index contributed by atoms with van der Waals surface area (Å²) in [5, 5.41) is 0. The molecule has 1 aromatic rings. The Hall–Kier alpha value is -0.870. The lowest BCUT2D eigenvalue weighted by Crippen LogP contribution is -2.40. The average molecular weight is 211 g/mol. The maximum Gasteiger partial charge on any atom is 0.243 e. The second-order valence-electron chi connectivity index (χ2n) is 3.68. The van der Waals surface area contributed by atoms with E-state index < -0.39 is 10.0 Å². The summed E-state index contributed by atoms with van der Waals surface area (Å²) < 4.78 is 25.3. The normalized spacial score (nSPS) is 25.7. The molecule has 0 saturated heterocycles. The molecule has 1 aliphatic heterocycles. The van der Waals surface area contributed by atoms with Crippen LogP contribution < -0.4 is 0 Å². The Balaban J connectivity index is 2.66. The molecule has 0 bridgehead atoms. The Kier molecular flexibility index (Phi) is 2.12. The molecule has 14 heavy (non-hydrogen) atoms. The maximum atomic E-state index is 11.9. The molecule has 3 nitrogen and oxygen atoms in total. The Morgan fingerprint density at radius 1 is 1.36 bits per heavy atom. The second kappa shape index (κ2) is 3.07. The van der Waals surface area contributed by atoms with Crippen LogP contribution in [0.15, 0.2) is 29.2 Å². The van der Waals surface area contributed by atoms with Crippen LogP contribution in [0.5, 0.6) is 0 Å². The summed E-state index contributed by atoms with van der Waals surface area (Å²) >= 11 is 0. The van der Waals surface area contributed by atoms with Gasteiger partial charge in [-0.2, -0.15) is 4.31 Å². The number of sulfonamides is 1. The van der Waals surface area contributed by atoms with E-state index in [1.807, 2.05) is 19.1 Å². The quantitative estimate of drug-likeness (QED) is 0.647. The van der Waals surface area contributed by atoms with E-state index in [-0.39, 0.29) is 6.04 Å². The van der Waals surface area contributed by atoms with Crippen LogP contribution in [0.1, 0.15) is 12.5 Å². The van der Waals surface area contributed by atoms with Gasteiger partial charge in [0.05, 0.1) is 4.90 Å². The molecular formula is C10H13NO2S. The first-order chi connectivity index (χ1) is 6.53. The average Bonchev–Trinajstić information content (AvgIpc) is 2.15. The minimum absolute atomic E-state index is 0.0508. The highest BCUT2D eigenvalue weighted by atomic mass is 32.2. The SMILES string of the molecule is CC1Cc2ccccc2S(=O)(=O)N1C. The Bertz CT molecular complexity index is 453. The number of fused-ring (bicyclic) bond motifs is 1. The van der Waals surface area contributed by atoms with Crippen molar-refractivity contribution in [1.29, 1.82) is 0 Å². The van der Waals surface area contributed by atoms with Crippen LogP contribution in [0.25, 0.3) is 0 Å². The van der Waals surface area contributed by atoms with Crippen molar-refractivity contribution in [3.8, 4) is 0 Å². The minimum atomic E-state index is -3.24. The lowest BCUT2D eigenvalue weighted by atomic mass is 10.1. The Morgan fingerprint density at radius 2 is 2.00 bits per heavy atom. The lowest BCUT2D eigenvalue weighted by molar-refractivity contribution is 0.372. The molecule has 0 fully saturated rings. The molecular weight excluding hydrogens is 198 g/mol. The van der Waals surface area contributed by atoms with Gasteiger partial charge >= 0.3 is 0 Å². The van der Waals surface area contributed by atoms with Gasteiger partial charge in [-0.15, -0.1) is 0 Å². The van der Waals surface area contributed by atoms with Gasteiger partial charge in [-0.3, -0.25) is 0 Å². The smallest absolute Gasteiger partial charge is 0.207 e. The molecule has 1 aliphatic rings. The third-order valence-corrected chi connectivity index (χ3v) is 4.84. The van der Waals surface area contributed by atoms with Gasteiger partial charge in [-0.1, -0.05) is 18.2 Å². The van der Waals surface area contributed by atoms with Crippen molar-refractivity contribution in [2.75, 3.05) is 7.05 Å². The van der Waals surface area contributed by atoms with E-state index in [0.717, 1.165) is 12.0 Å². The summed E-state index contributed by atoms with van der Waals surface area (Å²) in [6.45, 7) is 1.92. The van der Waals surface area contributed by atoms with Crippen LogP contribution in [0.2, 0.25) is 0 Å². The standard InChI is InChI=1S/C10H13NO2S/c1-8-7-9-5-3-4-6-10(9)14(12,13)11(8)2/h3-6,8H,7H2,1-2H3. The van der Waals surface area contributed by atoms with Crippen molar-refractivity contribution in [3.05, 3.63) is 29.8 Å². The van der Waals surface area contributed by atoms with Gasteiger partial charge in [0.25, 0.3) is 0 Å². The zero-order chi connectivity index (χ0) is 10.3. The molecule has 0 aliphatic carbocycles. The molecule has 1 aromatic carbocycles. The number of nitrogens with zero attached hydrogens (tertiary/aromatic N) is 1. The van der Waals surface area contributed by atoms with Crippen molar-refractivity contribution in [2.24, 2.45) is 0 Å². The summed E-state index contributed by atoms with van der Waals surface area (Å²) in [6, 6.07) is 7.26. The molecule has 0 saturated carbocycles. The van der Waals surface area contributed by atoms with E-state index in [1.54, 1.807) is 19.2 Å². The molecule has 0 spiro atoms. The zero-order valence-corrected chi connectivity index (χ0v) is 9.08. The van der Waals surface area contributed by atoms with Gasteiger partial charge < -0.3 is 0 Å². The number of rotatable bonds is 0. The van der Waals surface area contributed by atoms with Crippen LogP contribution >= 0.6 is 0 Å². The van der Waals surface area contributed by atoms with Crippen molar-refractivity contribution in [2.45, 2.75) is 24.3 Å². The van der Waals surface area contributed by atoms with Crippen molar-refractivity contribution < 1.29 is 8.42 Å².